The highest BCUT2D eigenvalue weighted by molar-refractivity contribution is 7.92. The molecule has 0 bridgehead atoms. The van der Waals surface area contributed by atoms with E-state index >= 15 is 0 Å². The number of benzene rings is 2. The zero-order valence-electron chi connectivity index (χ0n) is 15.0. The second kappa shape index (κ2) is 8.54. The minimum Gasteiger partial charge on any atom is -0.497 e. The second-order valence-corrected chi connectivity index (χ2v) is 7.23. The maximum Gasteiger partial charge on any atom is 0.270 e. The third kappa shape index (κ3) is 4.29. The highest BCUT2D eigenvalue weighted by Gasteiger charge is 2.30. The number of amides is 1. The molecular formula is C16H18N4O7S. The SMILES string of the molecule is COc1ccc(N(CC(=O)NN)S(=O)(=O)c2cccc([N+](=O)[O-])c2)c(OC)c1. The average molecular weight is 410 g/mol. The molecule has 0 aliphatic heterocycles. The quantitative estimate of drug-likeness (QED) is 0.280. The van der Waals surface area contributed by atoms with Gasteiger partial charge in [0.25, 0.3) is 21.6 Å². The Morgan fingerprint density at radius 2 is 1.93 bits per heavy atom. The highest BCUT2D eigenvalue weighted by atomic mass is 32.2. The first kappa shape index (κ1) is 20.9. The number of ether oxygens (including phenoxy) is 2. The van der Waals surface area contributed by atoms with Crippen LogP contribution in [0.2, 0.25) is 0 Å². The van der Waals surface area contributed by atoms with Crippen LogP contribution in [0.5, 0.6) is 11.5 Å². The molecule has 2 rings (SSSR count). The van der Waals surface area contributed by atoms with Gasteiger partial charge in [-0.15, -0.1) is 0 Å². The van der Waals surface area contributed by atoms with Crippen LogP contribution in [0.15, 0.2) is 47.4 Å². The molecule has 2 aromatic rings. The van der Waals surface area contributed by atoms with Crippen molar-refractivity contribution in [2.45, 2.75) is 4.90 Å². The summed E-state index contributed by atoms with van der Waals surface area (Å²) in [4.78, 5) is 21.8. The molecule has 11 nitrogen and oxygen atoms in total. The number of rotatable bonds is 8. The zero-order valence-corrected chi connectivity index (χ0v) is 15.8. The molecule has 0 atom stereocenters. The second-order valence-electron chi connectivity index (χ2n) is 5.37. The summed E-state index contributed by atoms with van der Waals surface area (Å²) in [7, 11) is -1.63. The lowest BCUT2D eigenvalue weighted by Crippen LogP contribution is -2.43. The van der Waals surface area contributed by atoms with E-state index in [0.717, 1.165) is 16.4 Å². The van der Waals surface area contributed by atoms with Crippen molar-refractivity contribution in [1.29, 1.82) is 0 Å². The largest absolute Gasteiger partial charge is 0.497 e. The molecule has 0 saturated carbocycles. The molecule has 0 spiro atoms. The van der Waals surface area contributed by atoms with E-state index in [-0.39, 0.29) is 16.3 Å². The number of nitrogens with zero attached hydrogens (tertiary/aromatic N) is 2. The van der Waals surface area contributed by atoms with Crippen molar-refractivity contribution in [3.05, 3.63) is 52.6 Å². The Kier molecular flexibility index (Phi) is 6.38. The Labute approximate surface area is 160 Å². The molecule has 2 aromatic carbocycles. The number of nitrogens with two attached hydrogens (primary N) is 1. The van der Waals surface area contributed by atoms with Gasteiger partial charge in [-0.05, 0) is 18.2 Å². The standard InChI is InChI=1S/C16H18N4O7S/c1-26-12-6-7-14(15(9-12)27-2)19(10-16(21)18-17)28(24,25)13-5-3-4-11(8-13)20(22)23/h3-9H,10,17H2,1-2H3,(H,18,21). The summed E-state index contributed by atoms with van der Waals surface area (Å²) >= 11 is 0. The molecule has 0 aliphatic rings. The number of nitro groups is 1. The number of hydrogen-bond donors (Lipinski definition) is 2. The first-order valence-electron chi connectivity index (χ1n) is 7.73. The maximum atomic E-state index is 13.2. The van der Waals surface area contributed by atoms with Gasteiger partial charge in [-0.3, -0.25) is 24.6 Å². The van der Waals surface area contributed by atoms with Crippen molar-refractivity contribution in [2.75, 3.05) is 25.1 Å². The lowest BCUT2D eigenvalue weighted by Gasteiger charge is -2.25. The molecule has 0 fully saturated rings. The summed E-state index contributed by atoms with van der Waals surface area (Å²) in [5.74, 6) is 4.81. The van der Waals surface area contributed by atoms with Gasteiger partial charge in [-0.1, -0.05) is 6.07 Å². The van der Waals surface area contributed by atoms with Gasteiger partial charge in [0.05, 0.1) is 29.7 Å². The molecule has 3 N–H and O–H groups in total. The van der Waals surface area contributed by atoms with Gasteiger partial charge in [0, 0.05) is 18.2 Å². The third-order valence-corrected chi connectivity index (χ3v) is 5.48. The lowest BCUT2D eigenvalue weighted by molar-refractivity contribution is -0.385. The van der Waals surface area contributed by atoms with E-state index in [0.29, 0.717) is 5.75 Å². The average Bonchev–Trinajstić information content (AvgIpc) is 2.71. The monoisotopic (exact) mass is 410 g/mol. The summed E-state index contributed by atoms with van der Waals surface area (Å²) in [6, 6.07) is 8.78. The zero-order chi connectivity index (χ0) is 20.9. The maximum absolute atomic E-state index is 13.2. The first-order chi connectivity index (χ1) is 13.2. The first-order valence-corrected chi connectivity index (χ1v) is 9.17. The van der Waals surface area contributed by atoms with Crippen LogP contribution in [0.4, 0.5) is 11.4 Å². The van der Waals surface area contributed by atoms with Crippen molar-refractivity contribution in [3.8, 4) is 11.5 Å². The number of hydrogen-bond acceptors (Lipinski definition) is 8. The molecule has 0 radical (unpaired) electrons. The fraction of sp³-hybridized carbons (Fsp3) is 0.188. The molecule has 12 heteroatoms. The van der Waals surface area contributed by atoms with Gasteiger partial charge in [0.1, 0.15) is 18.0 Å². The van der Waals surface area contributed by atoms with Gasteiger partial charge in [-0.2, -0.15) is 0 Å². The molecule has 0 heterocycles. The summed E-state index contributed by atoms with van der Waals surface area (Å²) in [5.41, 5.74) is 1.47. The molecule has 150 valence electrons. The Bertz CT molecular complexity index is 994. The van der Waals surface area contributed by atoms with Crippen LogP contribution in [-0.4, -0.2) is 40.0 Å². The number of carbonyl (C=O) groups is 1. The Hall–Kier alpha value is -3.38. The number of non-ortho nitro benzene ring substituents is 1. The highest BCUT2D eigenvalue weighted by Crippen LogP contribution is 2.35. The van der Waals surface area contributed by atoms with Crippen LogP contribution in [0.1, 0.15) is 0 Å². The summed E-state index contributed by atoms with van der Waals surface area (Å²) in [5, 5.41) is 11.0. The summed E-state index contributed by atoms with van der Waals surface area (Å²) in [6.45, 7) is -0.676. The Morgan fingerprint density at radius 1 is 1.21 bits per heavy atom. The Morgan fingerprint density at radius 3 is 2.50 bits per heavy atom. The van der Waals surface area contributed by atoms with Crippen molar-refractivity contribution in [2.24, 2.45) is 5.84 Å². The minimum atomic E-state index is -4.38. The van der Waals surface area contributed by atoms with E-state index in [4.69, 9.17) is 15.3 Å². The number of methoxy groups -OCH3 is 2. The minimum absolute atomic E-state index is 0.0263. The number of sulfonamides is 1. The van der Waals surface area contributed by atoms with Gasteiger partial charge < -0.3 is 9.47 Å². The number of nitrogens with one attached hydrogen (secondary N) is 1. The molecule has 0 aliphatic carbocycles. The number of carbonyl (C=O) groups excluding carboxylic acids is 1. The topological polar surface area (TPSA) is 154 Å². The van der Waals surface area contributed by atoms with Crippen molar-refractivity contribution in [1.82, 2.24) is 5.43 Å². The molecule has 28 heavy (non-hydrogen) atoms. The molecule has 0 aromatic heterocycles. The van der Waals surface area contributed by atoms with E-state index in [1.807, 2.05) is 5.43 Å². The fourth-order valence-electron chi connectivity index (χ4n) is 2.35. The van der Waals surface area contributed by atoms with Gasteiger partial charge >= 0.3 is 0 Å². The number of hydrazine groups is 1. The van der Waals surface area contributed by atoms with Crippen LogP contribution in [-0.2, 0) is 14.8 Å². The van der Waals surface area contributed by atoms with E-state index < -0.39 is 33.1 Å². The van der Waals surface area contributed by atoms with Gasteiger partial charge in [0.15, 0.2) is 0 Å². The van der Waals surface area contributed by atoms with Crippen LogP contribution in [0, 0.1) is 10.1 Å². The number of nitro benzene ring substituents is 1. The van der Waals surface area contributed by atoms with Crippen LogP contribution in [0.25, 0.3) is 0 Å². The predicted octanol–water partition coefficient (Wildman–Crippen LogP) is 0.797. The Balaban J connectivity index is 2.65. The van der Waals surface area contributed by atoms with Gasteiger partial charge in [0.2, 0.25) is 0 Å². The lowest BCUT2D eigenvalue weighted by atomic mass is 10.2. The van der Waals surface area contributed by atoms with Crippen molar-refractivity contribution in [3.63, 3.8) is 0 Å². The van der Waals surface area contributed by atoms with E-state index in [1.165, 1.54) is 44.6 Å². The smallest absolute Gasteiger partial charge is 0.270 e. The van der Waals surface area contributed by atoms with E-state index in [9.17, 15) is 23.3 Å². The van der Waals surface area contributed by atoms with Crippen LogP contribution >= 0.6 is 0 Å². The number of anilines is 1. The van der Waals surface area contributed by atoms with Crippen LogP contribution in [0.3, 0.4) is 0 Å². The molecule has 1 amide bonds. The normalized spacial score (nSPS) is 10.8. The van der Waals surface area contributed by atoms with E-state index in [1.54, 1.807) is 0 Å². The molecule has 0 unspecified atom stereocenters. The van der Waals surface area contributed by atoms with Crippen LogP contribution < -0.4 is 25.0 Å². The molecule has 0 saturated heterocycles. The van der Waals surface area contributed by atoms with E-state index in [2.05, 4.69) is 0 Å². The van der Waals surface area contributed by atoms with Gasteiger partial charge in [-0.25, -0.2) is 14.3 Å². The summed E-state index contributed by atoms with van der Waals surface area (Å²) < 4.78 is 37.4. The third-order valence-electron chi connectivity index (χ3n) is 3.72. The summed E-state index contributed by atoms with van der Waals surface area (Å²) in [6.07, 6.45) is 0. The fourth-order valence-corrected chi connectivity index (χ4v) is 3.82. The van der Waals surface area contributed by atoms with Crippen molar-refractivity contribution >= 4 is 27.3 Å². The predicted molar refractivity (Wildman–Crippen MR) is 99.5 cm³/mol. The molecular weight excluding hydrogens is 392 g/mol. The van der Waals surface area contributed by atoms with Crippen molar-refractivity contribution < 1.29 is 27.6 Å².